The second kappa shape index (κ2) is 8.12. The van der Waals surface area contributed by atoms with Gasteiger partial charge >= 0.3 is 5.91 Å². The van der Waals surface area contributed by atoms with E-state index in [1.54, 1.807) is 23.3 Å². The van der Waals surface area contributed by atoms with Crippen molar-refractivity contribution in [2.45, 2.75) is 86.5 Å². The molecule has 0 amide bonds. The average Bonchev–Trinajstić information content (AvgIpc) is 3.42. The molecule has 5 aliphatic rings. The summed E-state index contributed by atoms with van der Waals surface area (Å²) in [6, 6.07) is 2.16. The molecule has 3 saturated carbocycles. The molecule has 0 saturated heterocycles. The second-order valence-electron chi connectivity index (χ2n) is 14.9. The first-order valence-corrected chi connectivity index (χ1v) is 14.8. The van der Waals surface area contributed by atoms with Gasteiger partial charge in [0.05, 0.1) is 11.0 Å². The van der Waals surface area contributed by atoms with Gasteiger partial charge < -0.3 is 0 Å². The number of carbonyl (C=O) groups is 3. The number of fused-ring (bicyclic) bond motifs is 7. The number of allylic oxidation sites excluding steroid dienone is 4. The van der Waals surface area contributed by atoms with Crippen molar-refractivity contribution < 1.29 is 19.4 Å². The summed E-state index contributed by atoms with van der Waals surface area (Å²) >= 11 is 0. The molecule has 1 N–H and O–H groups in total. The molecule has 5 aliphatic carbocycles. The fraction of sp³-hybridized carbons (Fsp3) is 0.667. The van der Waals surface area contributed by atoms with Gasteiger partial charge in [-0.15, -0.1) is 0 Å². The maximum absolute atomic E-state index is 14.5. The Morgan fingerprint density at radius 2 is 1.77 bits per heavy atom. The van der Waals surface area contributed by atoms with Gasteiger partial charge in [-0.2, -0.15) is 9.83 Å². The number of rotatable bonds is 1. The number of carbonyl (C=O) groups excluding carboxylic acids is 3. The first kappa shape index (κ1) is 26.4. The SMILES string of the molecule is C[C@@H]1C(=O)C(C#N)=C[C@]2(C)C3=CC(=O)C4C5CC(C)(C)CC[C@]5(C(=O)n5cc[nH+]c5)CC[C@@]4(C)[C@]3(C)CC[C@@H]12. The quantitative estimate of drug-likeness (QED) is 0.462. The first-order valence-electron chi connectivity index (χ1n) is 14.8. The van der Waals surface area contributed by atoms with Crippen LogP contribution in [0.15, 0.2) is 42.0 Å². The summed E-state index contributed by atoms with van der Waals surface area (Å²) in [6.07, 6.45) is 15.2. The van der Waals surface area contributed by atoms with E-state index in [1.807, 2.05) is 19.1 Å². The second-order valence-corrected chi connectivity index (χ2v) is 14.9. The van der Waals surface area contributed by atoms with Gasteiger partial charge in [0.2, 0.25) is 6.33 Å². The summed E-state index contributed by atoms with van der Waals surface area (Å²) in [6.45, 7) is 13.3. The molecule has 0 spiro atoms. The number of hydrogen-bond donors (Lipinski definition) is 0. The smallest absolute Gasteiger partial charge is 0.295 e. The number of aromatic amines is 1. The van der Waals surface area contributed by atoms with Gasteiger partial charge in [0.1, 0.15) is 18.5 Å². The number of imidazole rings is 1. The maximum atomic E-state index is 14.5. The summed E-state index contributed by atoms with van der Waals surface area (Å²) in [7, 11) is 0. The topological polar surface area (TPSA) is 94.1 Å². The van der Waals surface area contributed by atoms with Crippen LogP contribution in [0.1, 0.15) is 91.3 Å². The third-order valence-electron chi connectivity index (χ3n) is 12.7. The van der Waals surface area contributed by atoms with Crippen LogP contribution in [0.25, 0.3) is 0 Å². The van der Waals surface area contributed by atoms with Crippen molar-refractivity contribution in [3.8, 4) is 6.07 Å². The lowest BCUT2D eigenvalue weighted by Crippen LogP contribution is -2.65. The average molecular weight is 529 g/mol. The highest BCUT2D eigenvalue weighted by molar-refractivity contribution is 6.02. The molecule has 3 fully saturated rings. The van der Waals surface area contributed by atoms with E-state index in [-0.39, 0.29) is 63.0 Å². The summed E-state index contributed by atoms with van der Waals surface area (Å²) in [5, 5.41) is 9.81. The Morgan fingerprint density at radius 3 is 2.44 bits per heavy atom. The minimum absolute atomic E-state index is 0.0281. The number of nitriles is 1. The van der Waals surface area contributed by atoms with Crippen LogP contribution < -0.4 is 4.98 Å². The summed E-state index contributed by atoms with van der Waals surface area (Å²) < 4.78 is 1.70. The zero-order valence-electron chi connectivity index (χ0n) is 24.3. The minimum Gasteiger partial charge on any atom is -0.295 e. The summed E-state index contributed by atoms with van der Waals surface area (Å²) in [4.78, 5) is 44.7. The van der Waals surface area contributed by atoms with Crippen molar-refractivity contribution in [1.82, 2.24) is 4.57 Å². The number of nitrogens with zero attached hydrogens (tertiary/aromatic N) is 2. The van der Waals surface area contributed by atoms with E-state index < -0.39 is 10.8 Å². The summed E-state index contributed by atoms with van der Waals surface area (Å²) in [5.41, 5.74) is -0.220. The fourth-order valence-electron chi connectivity index (χ4n) is 10.3. The van der Waals surface area contributed by atoms with Crippen LogP contribution in [0.4, 0.5) is 0 Å². The first-order chi connectivity index (χ1) is 18.2. The van der Waals surface area contributed by atoms with E-state index in [0.717, 1.165) is 50.5 Å². The van der Waals surface area contributed by atoms with Gasteiger partial charge in [-0.25, -0.2) is 9.78 Å². The minimum atomic E-state index is -0.551. The van der Waals surface area contributed by atoms with Crippen LogP contribution in [0.2, 0.25) is 0 Å². The predicted octanol–water partition coefficient (Wildman–Crippen LogP) is 5.77. The number of aromatic nitrogens is 2. The van der Waals surface area contributed by atoms with E-state index in [1.165, 1.54) is 0 Å². The van der Waals surface area contributed by atoms with Crippen LogP contribution in [0.5, 0.6) is 0 Å². The molecule has 0 bridgehead atoms. The van der Waals surface area contributed by atoms with E-state index in [4.69, 9.17) is 0 Å². The van der Waals surface area contributed by atoms with E-state index in [2.05, 4.69) is 45.7 Å². The van der Waals surface area contributed by atoms with Crippen LogP contribution in [0, 0.1) is 62.1 Å². The van der Waals surface area contributed by atoms with Crippen LogP contribution >= 0.6 is 0 Å². The number of Topliss-reactive ketones (excluding diaryl/α,β-unsaturated/α-hetero) is 1. The highest BCUT2D eigenvalue weighted by atomic mass is 16.2. The third kappa shape index (κ3) is 3.25. The van der Waals surface area contributed by atoms with Gasteiger partial charge in [-0.1, -0.05) is 53.2 Å². The third-order valence-corrected chi connectivity index (χ3v) is 12.7. The summed E-state index contributed by atoms with van der Waals surface area (Å²) in [5.74, 6) is -0.224. The monoisotopic (exact) mass is 528 g/mol. The van der Waals surface area contributed by atoms with Gasteiger partial charge in [-0.3, -0.25) is 9.59 Å². The van der Waals surface area contributed by atoms with Gasteiger partial charge in [0.15, 0.2) is 11.6 Å². The lowest BCUT2D eigenvalue weighted by Gasteiger charge is -2.68. The van der Waals surface area contributed by atoms with Crippen molar-refractivity contribution in [2.24, 2.45) is 50.7 Å². The van der Waals surface area contributed by atoms with E-state index in [9.17, 15) is 19.6 Å². The molecule has 0 aromatic carbocycles. The molecule has 39 heavy (non-hydrogen) atoms. The zero-order valence-corrected chi connectivity index (χ0v) is 24.3. The lowest BCUT2D eigenvalue weighted by atomic mass is 9.34. The molecule has 8 atom stereocenters. The molecule has 1 aromatic heterocycles. The Bertz CT molecular complexity index is 1380. The molecule has 6 nitrogen and oxygen atoms in total. The molecule has 2 unspecified atom stereocenters. The Morgan fingerprint density at radius 1 is 1.05 bits per heavy atom. The maximum Gasteiger partial charge on any atom is 0.320 e. The Hall–Kier alpha value is -2.81. The van der Waals surface area contributed by atoms with Crippen LogP contribution in [0.3, 0.4) is 0 Å². The van der Waals surface area contributed by atoms with Gasteiger partial charge in [0, 0.05) is 17.3 Å². The molecule has 206 valence electrons. The Labute approximate surface area is 231 Å². The highest BCUT2D eigenvalue weighted by Gasteiger charge is 2.70. The predicted molar refractivity (Wildman–Crippen MR) is 146 cm³/mol. The van der Waals surface area contributed by atoms with Crippen molar-refractivity contribution in [3.63, 3.8) is 0 Å². The molecule has 1 aromatic rings. The number of hydrogen-bond acceptors (Lipinski definition) is 4. The molecule has 1 heterocycles. The van der Waals surface area contributed by atoms with Gasteiger partial charge in [-0.05, 0) is 79.1 Å². The highest BCUT2D eigenvalue weighted by Crippen LogP contribution is 2.73. The molecular weight excluding hydrogens is 486 g/mol. The normalized spacial score (nSPS) is 44.5. The Kier molecular flexibility index (Phi) is 5.50. The largest absolute Gasteiger partial charge is 0.320 e. The van der Waals surface area contributed by atoms with Crippen molar-refractivity contribution in [2.75, 3.05) is 0 Å². The number of ketones is 2. The van der Waals surface area contributed by atoms with Crippen molar-refractivity contribution >= 4 is 17.5 Å². The Balaban J connectivity index is 1.52. The van der Waals surface area contributed by atoms with Crippen molar-refractivity contribution in [1.29, 1.82) is 5.26 Å². The molecule has 0 radical (unpaired) electrons. The lowest BCUT2D eigenvalue weighted by molar-refractivity contribution is -0.376. The van der Waals surface area contributed by atoms with E-state index >= 15 is 0 Å². The van der Waals surface area contributed by atoms with Crippen LogP contribution in [-0.4, -0.2) is 22.0 Å². The van der Waals surface area contributed by atoms with Crippen molar-refractivity contribution in [3.05, 3.63) is 42.0 Å². The van der Waals surface area contributed by atoms with Gasteiger partial charge in [0.25, 0.3) is 0 Å². The molecule has 0 aliphatic heterocycles. The van der Waals surface area contributed by atoms with Crippen LogP contribution in [-0.2, 0) is 9.59 Å². The van der Waals surface area contributed by atoms with E-state index in [0.29, 0.717) is 0 Å². The molecular formula is C33H42N3O3+. The number of H-pyrrole nitrogens is 1. The zero-order chi connectivity index (χ0) is 28.2. The fourth-order valence-corrected chi connectivity index (χ4v) is 10.3. The standard InChI is InChI=1S/C33H41N3O3/c1-20-22-7-8-31(5)25(30(22,4)16-21(18-34)27(20)38)15-24(37)26-23-17-29(2,3)9-11-33(23,12-10-32(26,31)6)28(39)36-14-13-35-19-36/h13-16,19-20,22-23,26H,7-12,17H2,1-6H3/p+1/t20-,22-,23?,26?,30-,31+,32+,33-/m0/s1. The molecule has 6 heteroatoms. The number of nitrogens with one attached hydrogen (secondary N) is 1. The molecule has 6 rings (SSSR count).